The summed E-state index contributed by atoms with van der Waals surface area (Å²) in [7, 11) is 0. The number of nitrogens with zero attached hydrogens (tertiary/aromatic N) is 2. The van der Waals surface area contributed by atoms with Crippen LogP contribution in [0.4, 0.5) is 10.1 Å². The van der Waals surface area contributed by atoms with E-state index in [1.165, 1.54) is 18.3 Å². The van der Waals surface area contributed by atoms with E-state index in [1.54, 1.807) is 6.07 Å². The van der Waals surface area contributed by atoms with Gasteiger partial charge in [0.05, 0.1) is 23.0 Å². The van der Waals surface area contributed by atoms with Gasteiger partial charge < -0.3 is 5.32 Å². The van der Waals surface area contributed by atoms with Gasteiger partial charge in [-0.25, -0.2) is 4.39 Å². The standard InChI is InChI=1S/C16H13ClFN3O/c17-13-10-4-3-5-11(18)14(10)20-8-12(13)21-15(22)16(9-19)6-1-2-7-16/h3-5,8H,1-2,6-7H2,(H,21,22). The molecule has 6 heteroatoms. The summed E-state index contributed by atoms with van der Waals surface area (Å²) >= 11 is 6.25. The first-order valence-electron chi connectivity index (χ1n) is 7.03. The lowest BCUT2D eigenvalue weighted by Gasteiger charge is -2.19. The number of nitriles is 1. The molecule has 0 bridgehead atoms. The van der Waals surface area contributed by atoms with Crippen LogP contribution < -0.4 is 5.32 Å². The Labute approximate surface area is 131 Å². The Kier molecular flexibility index (Phi) is 3.71. The number of halogens is 2. The van der Waals surface area contributed by atoms with Crippen molar-refractivity contribution in [3.8, 4) is 6.07 Å². The molecule has 0 radical (unpaired) electrons. The molecular formula is C16H13ClFN3O. The third kappa shape index (κ3) is 2.30. The molecule has 112 valence electrons. The lowest BCUT2D eigenvalue weighted by molar-refractivity contribution is -0.122. The summed E-state index contributed by atoms with van der Waals surface area (Å²) in [5.41, 5.74) is -0.548. The van der Waals surface area contributed by atoms with Crippen molar-refractivity contribution in [2.45, 2.75) is 25.7 Å². The van der Waals surface area contributed by atoms with Crippen molar-refractivity contribution in [1.82, 2.24) is 4.98 Å². The molecule has 1 saturated carbocycles. The molecule has 1 amide bonds. The molecule has 1 aromatic carbocycles. The first kappa shape index (κ1) is 14.7. The second kappa shape index (κ2) is 5.54. The van der Waals surface area contributed by atoms with Crippen LogP contribution in [0.2, 0.25) is 5.02 Å². The minimum Gasteiger partial charge on any atom is -0.322 e. The first-order chi connectivity index (χ1) is 10.6. The molecule has 0 unspecified atom stereocenters. The van der Waals surface area contributed by atoms with Crippen LogP contribution in [0.1, 0.15) is 25.7 Å². The Morgan fingerprint density at radius 3 is 2.82 bits per heavy atom. The Morgan fingerprint density at radius 1 is 1.41 bits per heavy atom. The van der Waals surface area contributed by atoms with Crippen molar-refractivity contribution in [2.75, 3.05) is 5.32 Å². The monoisotopic (exact) mass is 317 g/mol. The molecular weight excluding hydrogens is 305 g/mol. The number of hydrogen-bond acceptors (Lipinski definition) is 3. The Balaban J connectivity index is 1.96. The highest BCUT2D eigenvalue weighted by Crippen LogP contribution is 2.39. The SMILES string of the molecule is N#CC1(C(=O)Nc2cnc3c(F)cccc3c2Cl)CCCC1. The average molecular weight is 318 g/mol. The van der Waals surface area contributed by atoms with E-state index < -0.39 is 11.2 Å². The summed E-state index contributed by atoms with van der Waals surface area (Å²) in [5, 5.41) is 12.7. The highest BCUT2D eigenvalue weighted by atomic mass is 35.5. The van der Waals surface area contributed by atoms with Gasteiger partial charge in [0.2, 0.25) is 5.91 Å². The summed E-state index contributed by atoms with van der Waals surface area (Å²) in [5.74, 6) is -0.839. The van der Waals surface area contributed by atoms with Gasteiger partial charge >= 0.3 is 0 Å². The van der Waals surface area contributed by atoms with Crippen molar-refractivity contribution < 1.29 is 9.18 Å². The third-order valence-corrected chi connectivity index (χ3v) is 4.54. The molecule has 1 N–H and O–H groups in total. The molecule has 0 saturated heterocycles. The minimum atomic E-state index is -1.000. The van der Waals surface area contributed by atoms with Gasteiger partial charge in [-0.1, -0.05) is 36.6 Å². The zero-order chi connectivity index (χ0) is 15.7. The molecule has 3 rings (SSSR count). The van der Waals surface area contributed by atoms with Gasteiger partial charge in [0.1, 0.15) is 16.7 Å². The third-order valence-electron chi connectivity index (χ3n) is 4.14. The summed E-state index contributed by atoms with van der Waals surface area (Å²) in [6, 6.07) is 6.60. The van der Waals surface area contributed by atoms with Gasteiger partial charge in [0.25, 0.3) is 0 Å². The van der Waals surface area contributed by atoms with E-state index in [0.717, 1.165) is 12.8 Å². The van der Waals surface area contributed by atoms with E-state index in [0.29, 0.717) is 23.9 Å². The van der Waals surface area contributed by atoms with Crippen LogP contribution in [0, 0.1) is 22.6 Å². The second-order valence-electron chi connectivity index (χ2n) is 5.48. The quantitative estimate of drug-likeness (QED) is 0.908. The van der Waals surface area contributed by atoms with Crippen molar-refractivity contribution in [3.63, 3.8) is 0 Å². The van der Waals surface area contributed by atoms with Crippen LogP contribution in [0.3, 0.4) is 0 Å². The predicted octanol–water partition coefficient (Wildman–Crippen LogP) is 4.05. The lowest BCUT2D eigenvalue weighted by Crippen LogP contribution is -2.32. The predicted molar refractivity (Wildman–Crippen MR) is 81.9 cm³/mol. The van der Waals surface area contributed by atoms with Crippen LogP contribution in [0.15, 0.2) is 24.4 Å². The highest BCUT2D eigenvalue weighted by Gasteiger charge is 2.41. The molecule has 1 fully saturated rings. The molecule has 2 aromatic rings. The number of para-hydroxylation sites is 1. The first-order valence-corrected chi connectivity index (χ1v) is 7.41. The maximum atomic E-state index is 13.7. The number of carbonyl (C=O) groups is 1. The average Bonchev–Trinajstić information content (AvgIpc) is 3.01. The van der Waals surface area contributed by atoms with Gasteiger partial charge in [-0.05, 0) is 18.9 Å². The highest BCUT2D eigenvalue weighted by molar-refractivity contribution is 6.38. The van der Waals surface area contributed by atoms with Crippen LogP contribution in [-0.2, 0) is 4.79 Å². The van der Waals surface area contributed by atoms with Crippen molar-refractivity contribution in [2.24, 2.45) is 5.41 Å². The number of fused-ring (bicyclic) bond motifs is 1. The molecule has 0 spiro atoms. The zero-order valence-electron chi connectivity index (χ0n) is 11.7. The molecule has 1 aromatic heterocycles. The zero-order valence-corrected chi connectivity index (χ0v) is 12.5. The Bertz CT molecular complexity index is 794. The summed E-state index contributed by atoms with van der Waals surface area (Å²) in [6.07, 6.45) is 4.13. The molecule has 0 aliphatic heterocycles. The summed E-state index contributed by atoms with van der Waals surface area (Å²) in [4.78, 5) is 16.4. The topological polar surface area (TPSA) is 65.8 Å². The van der Waals surface area contributed by atoms with E-state index in [1.807, 2.05) is 0 Å². The van der Waals surface area contributed by atoms with E-state index >= 15 is 0 Å². The van der Waals surface area contributed by atoms with E-state index in [4.69, 9.17) is 11.6 Å². The number of rotatable bonds is 2. The Morgan fingerprint density at radius 2 is 2.14 bits per heavy atom. The van der Waals surface area contributed by atoms with Crippen molar-refractivity contribution in [3.05, 3.63) is 35.2 Å². The van der Waals surface area contributed by atoms with Crippen LogP contribution >= 0.6 is 11.6 Å². The van der Waals surface area contributed by atoms with Gasteiger partial charge in [0.15, 0.2) is 0 Å². The maximum absolute atomic E-state index is 13.7. The number of pyridine rings is 1. The normalized spacial score (nSPS) is 16.4. The van der Waals surface area contributed by atoms with Crippen molar-refractivity contribution >= 4 is 34.1 Å². The van der Waals surface area contributed by atoms with Gasteiger partial charge in [-0.15, -0.1) is 0 Å². The fourth-order valence-electron chi connectivity index (χ4n) is 2.85. The van der Waals surface area contributed by atoms with Crippen LogP contribution in [-0.4, -0.2) is 10.9 Å². The molecule has 1 heterocycles. The fraction of sp³-hybridized carbons (Fsp3) is 0.312. The van der Waals surface area contributed by atoms with E-state index in [2.05, 4.69) is 16.4 Å². The molecule has 0 atom stereocenters. The fourth-order valence-corrected chi connectivity index (χ4v) is 3.10. The van der Waals surface area contributed by atoms with Crippen molar-refractivity contribution in [1.29, 1.82) is 5.26 Å². The van der Waals surface area contributed by atoms with Crippen LogP contribution in [0.5, 0.6) is 0 Å². The number of carbonyl (C=O) groups excluding carboxylic acids is 1. The van der Waals surface area contributed by atoms with Crippen LogP contribution in [0.25, 0.3) is 10.9 Å². The molecule has 4 nitrogen and oxygen atoms in total. The number of amides is 1. The smallest absolute Gasteiger partial charge is 0.244 e. The molecule has 1 aliphatic carbocycles. The largest absolute Gasteiger partial charge is 0.322 e. The van der Waals surface area contributed by atoms with Gasteiger partial charge in [0, 0.05) is 5.39 Å². The van der Waals surface area contributed by atoms with Gasteiger partial charge in [-0.3, -0.25) is 9.78 Å². The molecule has 1 aliphatic rings. The number of hydrogen-bond donors (Lipinski definition) is 1. The number of anilines is 1. The van der Waals surface area contributed by atoms with E-state index in [-0.39, 0.29) is 16.4 Å². The number of nitrogens with one attached hydrogen (secondary N) is 1. The maximum Gasteiger partial charge on any atom is 0.244 e. The number of benzene rings is 1. The van der Waals surface area contributed by atoms with Gasteiger partial charge in [-0.2, -0.15) is 5.26 Å². The second-order valence-corrected chi connectivity index (χ2v) is 5.85. The molecule has 22 heavy (non-hydrogen) atoms. The van der Waals surface area contributed by atoms with E-state index in [9.17, 15) is 14.4 Å². The minimum absolute atomic E-state index is 0.154. The Hall–Kier alpha value is -2.19. The summed E-state index contributed by atoms with van der Waals surface area (Å²) < 4.78 is 13.7. The number of aromatic nitrogens is 1. The lowest BCUT2D eigenvalue weighted by atomic mass is 9.87. The summed E-state index contributed by atoms with van der Waals surface area (Å²) in [6.45, 7) is 0.